The van der Waals surface area contributed by atoms with Gasteiger partial charge < -0.3 is 0 Å². The van der Waals surface area contributed by atoms with Crippen molar-refractivity contribution >= 4 is 18.4 Å². The Balaban J connectivity index is 3.04. The van der Waals surface area contributed by atoms with Crippen molar-refractivity contribution in [1.29, 1.82) is 0 Å². The van der Waals surface area contributed by atoms with Crippen molar-refractivity contribution in [1.82, 2.24) is 0 Å². The standard InChI is InChI=1S/C12H19O.3C4H9.Sn/c1-11(13)7-5-6-10-12-8-3-2-4-9-12;3*1-3-4-2;/h5-6,10-13H,2-4,8-9H2,1H3;3*1,3-4H2,2H3;/b7-5?,10-6+;;;;. The summed E-state index contributed by atoms with van der Waals surface area (Å²) in [5, 5.41) is 10.7. The molecule has 0 saturated heterocycles. The molecule has 1 fully saturated rings. The Morgan fingerprint density at radius 1 is 0.923 bits per heavy atom. The van der Waals surface area contributed by atoms with Gasteiger partial charge in [0.1, 0.15) is 0 Å². The summed E-state index contributed by atoms with van der Waals surface area (Å²) in [6.07, 6.45) is 21.9. The Hall–Kier alpha value is 0.239. The first-order valence-electron chi connectivity index (χ1n) is 11.7. The molecule has 0 bridgehead atoms. The van der Waals surface area contributed by atoms with Gasteiger partial charge in [0.05, 0.1) is 0 Å². The van der Waals surface area contributed by atoms with Crippen LogP contribution in [0.15, 0.2) is 21.8 Å². The van der Waals surface area contributed by atoms with E-state index >= 15 is 0 Å². The molecule has 152 valence electrons. The van der Waals surface area contributed by atoms with E-state index in [9.17, 15) is 5.11 Å². The van der Waals surface area contributed by atoms with E-state index in [1.165, 1.54) is 87.5 Å². The van der Waals surface area contributed by atoms with E-state index in [2.05, 4.69) is 39.0 Å². The summed E-state index contributed by atoms with van der Waals surface area (Å²) in [6.45, 7) is 9.01. The van der Waals surface area contributed by atoms with Gasteiger partial charge in [-0.25, -0.2) is 0 Å². The number of hydrogen-bond acceptors (Lipinski definition) is 1. The van der Waals surface area contributed by atoms with Crippen LogP contribution in [0.1, 0.15) is 98.3 Å². The van der Waals surface area contributed by atoms with Gasteiger partial charge in [0.15, 0.2) is 0 Å². The predicted molar refractivity (Wildman–Crippen MR) is 120 cm³/mol. The van der Waals surface area contributed by atoms with E-state index in [4.69, 9.17) is 0 Å². The quantitative estimate of drug-likeness (QED) is 0.215. The van der Waals surface area contributed by atoms with Crippen molar-refractivity contribution in [2.45, 2.75) is 118 Å². The fourth-order valence-corrected chi connectivity index (χ4v) is 22.0. The molecule has 26 heavy (non-hydrogen) atoms. The van der Waals surface area contributed by atoms with Crippen molar-refractivity contribution in [3.63, 3.8) is 0 Å². The molecule has 1 unspecified atom stereocenters. The molecule has 0 heterocycles. The molecule has 1 nitrogen and oxygen atoms in total. The molecule has 1 rings (SSSR count). The number of allylic oxidation sites excluding steroid dienone is 3. The Bertz CT molecular complexity index is 383. The fourth-order valence-electron chi connectivity index (χ4n) is 4.76. The third kappa shape index (κ3) is 8.50. The number of unbranched alkanes of at least 4 members (excludes halogenated alkanes) is 3. The van der Waals surface area contributed by atoms with E-state index in [-0.39, 0.29) is 6.10 Å². The topological polar surface area (TPSA) is 20.2 Å². The average molecular weight is 469 g/mol. The minimum absolute atomic E-state index is 0.243. The zero-order chi connectivity index (χ0) is 19.3. The monoisotopic (exact) mass is 470 g/mol. The summed E-state index contributed by atoms with van der Waals surface area (Å²) >= 11 is -2.49. The van der Waals surface area contributed by atoms with Gasteiger partial charge in [-0.05, 0) is 0 Å². The van der Waals surface area contributed by atoms with E-state index in [1.807, 2.05) is 6.92 Å². The van der Waals surface area contributed by atoms with Crippen molar-refractivity contribution < 1.29 is 5.11 Å². The van der Waals surface area contributed by atoms with Gasteiger partial charge >= 0.3 is 169 Å². The molecule has 0 aromatic rings. The van der Waals surface area contributed by atoms with Crippen LogP contribution >= 0.6 is 0 Å². The van der Waals surface area contributed by atoms with Crippen molar-refractivity contribution in [3.8, 4) is 0 Å². The first kappa shape index (κ1) is 24.3. The Morgan fingerprint density at radius 2 is 1.42 bits per heavy atom. The van der Waals surface area contributed by atoms with Gasteiger partial charge in [-0.1, -0.05) is 0 Å². The molecule has 0 aromatic heterocycles. The molecule has 1 aliphatic rings. The van der Waals surface area contributed by atoms with Crippen LogP contribution in [0, 0.1) is 5.92 Å². The van der Waals surface area contributed by atoms with E-state index < -0.39 is 18.4 Å². The molecule has 0 amide bonds. The van der Waals surface area contributed by atoms with Crippen LogP contribution in [0.4, 0.5) is 0 Å². The van der Waals surface area contributed by atoms with Crippen LogP contribution in [0.3, 0.4) is 0 Å². The molecule has 2 heteroatoms. The third-order valence-electron chi connectivity index (χ3n) is 6.40. The van der Waals surface area contributed by atoms with Crippen LogP contribution in [0.2, 0.25) is 13.3 Å². The summed E-state index contributed by atoms with van der Waals surface area (Å²) < 4.78 is 5.85. The Labute approximate surface area is 168 Å². The summed E-state index contributed by atoms with van der Waals surface area (Å²) in [5.41, 5.74) is 0. The maximum atomic E-state index is 10.7. The van der Waals surface area contributed by atoms with Crippen LogP contribution < -0.4 is 0 Å². The van der Waals surface area contributed by atoms with Gasteiger partial charge in [0, 0.05) is 0 Å². The second kappa shape index (κ2) is 14.3. The zero-order valence-corrected chi connectivity index (χ0v) is 21.1. The van der Waals surface area contributed by atoms with Crippen LogP contribution in [0.5, 0.6) is 0 Å². The van der Waals surface area contributed by atoms with Crippen LogP contribution in [-0.2, 0) is 0 Å². The summed E-state index contributed by atoms with van der Waals surface area (Å²) in [6, 6.07) is 0. The summed E-state index contributed by atoms with van der Waals surface area (Å²) in [7, 11) is 0. The minimum atomic E-state index is -2.49. The second-order valence-electron chi connectivity index (χ2n) is 8.67. The molecule has 0 aliphatic heterocycles. The summed E-state index contributed by atoms with van der Waals surface area (Å²) in [5.74, 6) is 0.779. The average Bonchev–Trinajstić information content (AvgIpc) is 2.66. The van der Waals surface area contributed by atoms with Gasteiger partial charge in [0.2, 0.25) is 0 Å². The van der Waals surface area contributed by atoms with Gasteiger partial charge in [0.25, 0.3) is 0 Å². The van der Waals surface area contributed by atoms with E-state index in [0.717, 1.165) is 5.92 Å². The fraction of sp³-hybridized carbons (Fsp3) is 0.833. The molecule has 1 N–H and O–H groups in total. The number of hydrogen-bond donors (Lipinski definition) is 1. The van der Waals surface area contributed by atoms with Crippen molar-refractivity contribution in [2.75, 3.05) is 0 Å². The number of aliphatic hydroxyl groups is 1. The van der Waals surface area contributed by atoms with Crippen LogP contribution in [0.25, 0.3) is 0 Å². The van der Waals surface area contributed by atoms with Crippen LogP contribution in [-0.4, -0.2) is 29.6 Å². The zero-order valence-electron chi connectivity index (χ0n) is 18.2. The molecule has 0 aromatic carbocycles. The van der Waals surface area contributed by atoms with E-state index in [0.29, 0.717) is 0 Å². The van der Waals surface area contributed by atoms with Gasteiger partial charge in [-0.3, -0.25) is 0 Å². The molecule has 0 spiro atoms. The normalized spacial score (nSPS) is 18.6. The molecule has 1 saturated carbocycles. The Kier molecular flexibility index (Phi) is 13.3. The molecule has 1 aliphatic carbocycles. The second-order valence-corrected chi connectivity index (χ2v) is 21.9. The Morgan fingerprint density at radius 3 is 1.85 bits per heavy atom. The molecule has 1 atom stereocenters. The predicted octanol–water partition coefficient (Wildman–Crippen LogP) is 7.82. The van der Waals surface area contributed by atoms with E-state index in [1.54, 1.807) is 0 Å². The molecular weight excluding hydrogens is 423 g/mol. The first-order chi connectivity index (χ1) is 12.6. The van der Waals surface area contributed by atoms with Crippen molar-refractivity contribution in [2.24, 2.45) is 5.92 Å². The van der Waals surface area contributed by atoms with Gasteiger partial charge in [-0.15, -0.1) is 0 Å². The number of aliphatic hydroxyl groups excluding tert-OH is 1. The maximum absolute atomic E-state index is 10.7. The van der Waals surface area contributed by atoms with Gasteiger partial charge in [-0.2, -0.15) is 0 Å². The third-order valence-corrected chi connectivity index (χ3v) is 22.8. The summed E-state index contributed by atoms with van der Waals surface area (Å²) in [4.78, 5) is 0. The van der Waals surface area contributed by atoms with Crippen molar-refractivity contribution in [3.05, 3.63) is 21.8 Å². The number of rotatable bonds is 13. The first-order valence-corrected chi connectivity index (χ1v) is 19.1. The molecular formula is C24H46OSn. The molecule has 0 radical (unpaired) electrons. The SMILES string of the molecule is CCC[CH2][Sn]([CH2]CCC)([CH2]CCC)/[C](=C/C=C/C1CCCCC1)C(C)O.